The summed E-state index contributed by atoms with van der Waals surface area (Å²) >= 11 is 0. The molecule has 0 fully saturated rings. The van der Waals surface area contributed by atoms with Gasteiger partial charge < -0.3 is 10.1 Å². The van der Waals surface area contributed by atoms with Gasteiger partial charge in [-0.25, -0.2) is 0 Å². The van der Waals surface area contributed by atoms with E-state index in [4.69, 9.17) is 4.74 Å². The van der Waals surface area contributed by atoms with E-state index in [0.717, 1.165) is 17.5 Å². The zero-order valence-electron chi connectivity index (χ0n) is 16.9. The third-order valence-corrected chi connectivity index (χ3v) is 5.56. The highest BCUT2D eigenvalue weighted by Crippen LogP contribution is 2.25. The first-order chi connectivity index (χ1) is 14.2. The van der Waals surface area contributed by atoms with Crippen molar-refractivity contribution in [2.75, 3.05) is 0 Å². The molecule has 0 bridgehead atoms. The molecular weight excluding hydrogens is 358 g/mol. The van der Waals surface area contributed by atoms with Crippen molar-refractivity contribution in [3.8, 4) is 5.75 Å². The minimum absolute atomic E-state index is 0.0383. The summed E-state index contributed by atoms with van der Waals surface area (Å²) in [4.78, 5) is 12.8. The molecule has 1 aliphatic rings. The number of fused-ring (bicyclic) bond motifs is 1. The number of ether oxygens (including phenoxy) is 1. The van der Waals surface area contributed by atoms with Crippen molar-refractivity contribution in [1.29, 1.82) is 0 Å². The lowest BCUT2D eigenvalue weighted by molar-refractivity contribution is 0.0939. The van der Waals surface area contributed by atoms with Crippen LogP contribution in [0.5, 0.6) is 5.75 Å². The van der Waals surface area contributed by atoms with Crippen molar-refractivity contribution >= 4 is 5.91 Å². The molecule has 29 heavy (non-hydrogen) atoms. The van der Waals surface area contributed by atoms with Gasteiger partial charge in [-0.1, -0.05) is 54.6 Å². The Morgan fingerprint density at radius 2 is 1.72 bits per heavy atom. The molecule has 3 aromatic rings. The molecule has 0 saturated carbocycles. The highest BCUT2D eigenvalue weighted by atomic mass is 16.5. The Morgan fingerprint density at radius 3 is 2.55 bits per heavy atom. The van der Waals surface area contributed by atoms with Gasteiger partial charge >= 0.3 is 0 Å². The first kappa shape index (κ1) is 19.3. The molecule has 3 heteroatoms. The van der Waals surface area contributed by atoms with E-state index in [-0.39, 0.29) is 11.9 Å². The summed E-state index contributed by atoms with van der Waals surface area (Å²) in [7, 11) is 0. The molecule has 3 aromatic carbocycles. The van der Waals surface area contributed by atoms with Crippen LogP contribution in [-0.2, 0) is 19.4 Å². The number of hydrogen-bond donors (Lipinski definition) is 1. The highest BCUT2D eigenvalue weighted by Gasteiger charge is 2.15. The van der Waals surface area contributed by atoms with E-state index in [2.05, 4.69) is 23.5 Å². The molecule has 148 valence electrons. The summed E-state index contributed by atoms with van der Waals surface area (Å²) in [6.45, 7) is 2.52. The van der Waals surface area contributed by atoms with Gasteiger partial charge in [-0.3, -0.25) is 4.79 Å². The summed E-state index contributed by atoms with van der Waals surface area (Å²) in [5.74, 6) is 0.614. The third-order valence-electron chi connectivity index (χ3n) is 5.56. The number of aryl methyl sites for hydroxylation is 2. The molecule has 0 spiro atoms. The van der Waals surface area contributed by atoms with Gasteiger partial charge in [-0.05, 0) is 73.1 Å². The molecule has 0 radical (unpaired) electrons. The Balaban J connectivity index is 1.40. The van der Waals surface area contributed by atoms with Gasteiger partial charge in [0.2, 0.25) is 0 Å². The third kappa shape index (κ3) is 4.86. The lowest BCUT2D eigenvalue weighted by Crippen LogP contribution is -2.26. The number of carbonyl (C=O) groups excluding carboxylic acids is 1. The molecule has 0 saturated heterocycles. The molecule has 3 nitrogen and oxygen atoms in total. The fourth-order valence-electron chi connectivity index (χ4n) is 3.85. The lowest BCUT2D eigenvalue weighted by Gasteiger charge is -2.20. The fourth-order valence-corrected chi connectivity index (χ4v) is 3.85. The maximum atomic E-state index is 12.8. The summed E-state index contributed by atoms with van der Waals surface area (Å²) in [6.07, 6.45) is 4.85. The molecule has 1 atom stereocenters. The van der Waals surface area contributed by atoms with Crippen LogP contribution in [0.25, 0.3) is 0 Å². The van der Waals surface area contributed by atoms with Crippen LogP contribution in [0.4, 0.5) is 0 Å². The lowest BCUT2D eigenvalue weighted by atomic mass is 9.89. The molecule has 0 heterocycles. The van der Waals surface area contributed by atoms with Gasteiger partial charge in [0.25, 0.3) is 5.91 Å². The largest absolute Gasteiger partial charge is 0.489 e. The molecule has 0 aromatic heterocycles. The van der Waals surface area contributed by atoms with E-state index in [1.54, 1.807) is 6.07 Å². The number of nitrogens with one attached hydrogen (secondary N) is 1. The SMILES string of the molecule is C[C@@H](NC(=O)c1cccc(OCc2ccccc2)c1)c1ccc2c(c1)CCCC2. The van der Waals surface area contributed by atoms with Crippen LogP contribution >= 0.6 is 0 Å². The maximum Gasteiger partial charge on any atom is 0.251 e. The number of carbonyl (C=O) groups is 1. The van der Waals surface area contributed by atoms with E-state index in [1.165, 1.54) is 30.4 Å². The van der Waals surface area contributed by atoms with Crippen LogP contribution in [0.1, 0.15) is 58.4 Å². The van der Waals surface area contributed by atoms with Gasteiger partial charge in [-0.2, -0.15) is 0 Å². The minimum atomic E-state index is -0.0830. The summed E-state index contributed by atoms with van der Waals surface area (Å²) in [5.41, 5.74) is 5.77. The zero-order chi connectivity index (χ0) is 20.1. The Kier molecular flexibility index (Phi) is 5.95. The topological polar surface area (TPSA) is 38.3 Å². The first-order valence-electron chi connectivity index (χ1n) is 10.4. The summed E-state index contributed by atoms with van der Waals surface area (Å²) in [6, 6.07) is 24.0. The van der Waals surface area contributed by atoms with Crippen LogP contribution < -0.4 is 10.1 Å². The second kappa shape index (κ2) is 8.95. The second-order valence-electron chi connectivity index (χ2n) is 7.73. The summed E-state index contributed by atoms with van der Waals surface area (Å²) in [5, 5.41) is 3.13. The molecule has 1 amide bonds. The Morgan fingerprint density at radius 1 is 0.931 bits per heavy atom. The van der Waals surface area contributed by atoms with Crippen LogP contribution in [0.15, 0.2) is 72.8 Å². The van der Waals surface area contributed by atoms with E-state index in [0.29, 0.717) is 17.9 Å². The second-order valence-corrected chi connectivity index (χ2v) is 7.73. The normalized spacial score (nSPS) is 14.0. The average molecular weight is 386 g/mol. The van der Waals surface area contributed by atoms with Gasteiger partial charge in [-0.15, -0.1) is 0 Å². The monoisotopic (exact) mass is 385 g/mol. The van der Waals surface area contributed by atoms with Crippen molar-refractivity contribution in [3.63, 3.8) is 0 Å². The molecule has 1 N–H and O–H groups in total. The van der Waals surface area contributed by atoms with E-state index in [9.17, 15) is 4.79 Å². The standard InChI is InChI=1S/C26H27NO2/c1-19(22-15-14-21-10-5-6-11-23(21)16-22)27-26(28)24-12-7-13-25(17-24)29-18-20-8-3-2-4-9-20/h2-4,7-9,12-17,19H,5-6,10-11,18H2,1H3,(H,27,28)/t19-/m1/s1. The van der Waals surface area contributed by atoms with Gasteiger partial charge in [0.1, 0.15) is 12.4 Å². The van der Waals surface area contributed by atoms with Crippen LogP contribution in [-0.4, -0.2) is 5.91 Å². The molecule has 0 aliphatic heterocycles. The Labute approximate surface area is 172 Å². The van der Waals surface area contributed by atoms with Crippen LogP contribution in [0.2, 0.25) is 0 Å². The zero-order valence-corrected chi connectivity index (χ0v) is 16.9. The molecule has 1 aliphatic carbocycles. The predicted molar refractivity (Wildman–Crippen MR) is 116 cm³/mol. The smallest absolute Gasteiger partial charge is 0.251 e. The van der Waals surface area contributed by atoms with E-state index >= 15 is 0 Å². The van der Waals surface area contributed by atoms with Crippen molar-refractivity contribution < 1.29 is 9.53 Å². The highest BCUT2D eigenvalue weighted by molar-refractivity contribution is 5.94. The number of hydrogen-bond acceptors (Lipinski definition) is 2. The molecule has 0 unspecified atom stereocenters. The van der Waals surface area contributed by atoms with Gasteiger partial charge in [0.05, 0.1) is 6.04 Å². The number of rotatable bonds is 6. The van der Waals surface area contributed by atoms with E-state index < -0.39 is 0 Å². The first-order valence-corrected chi connectivity index (χ1v) is 10.4. The average Bonchev–Trinajstić information content (AvgIpc) is 2.78. The van der Waals surface area contributed by atoms with Crippen molar-refractivity contribution in [1.82, 2.24) is 5.32 Å². The van der Waals surface area contributed by atoms with Crippen molar-refractivity contribution in [3.05, 3.63) is 101 Å². The Hall–Kier alpha value is -3.07. The van der Waals surface area contributed by atoms with Crippen LogP contribution in [0, 0.1) is 0 Å². The van der Waals surface area contributed by atoms with E-state index in [1.807, 2.05) is 55.5 Å². The molecular formula is C26H27NO2. The van der Waals surface area contributed by atoms with Gasteiger partial charge in [0, 0.05) is 5.56 Å². The van der Waals surface area contributed by atoms with Crippen molar-refractivity contribution in [2.45, 2.75) is 45.3 Å². The Bertz CT molecular complexity index is 981. The molecule has 4 rings (SSSR count). The quantitative estimate of drug-likeness (QED) is 0.597. The fraction of sp³-hybridized carbons (Fsp3) is 0.269. The number of benzene rings is 3. The number of amides is 1. The van der Waals surface area contributed by atoms with Crippen molar-refractivity contribution in [2.24, 2.45) is 0 Å². The maximum absolute atomic E-state index is 12.8. The van der Waals surface area contributed by atoms with Gasteiger partial charge in [0.15, 0.2) is 0 Å². The minimum Gasteiger partial charge on any atom is -0.489 e. The predicted octanol–water partition coefficient (Wildman–Crippen LogP) is 5.64. The summed E-state index contributed by atoms with van der Waals surface area (Å²) < 4.78 is 5.85. The van der Waals surface area contributed by atoms with Crippen LogP contribution in [0.3, 0.4) is 0 Å².